The van der Waals surface area contributed by atoms with E-state index < -0.39 is 0 Å². The van der Waals surface area contributed by atoms with Crippen molar-refractivity contribution in [1.82, 2.24) is 4.90 Å². The number of carbonyl (C=O) groups excluding carboxylic acids is 1. The van der Waals surface area contributed by atoms with Crippen LogP contribution >= 0.6 is 0 Å². The lowest BCUT2D eigenvalue weighted by atomic mass is 10.1. The molecule has 0 bridgehead atoms. The molecule has 4 nitrogen and oxygen atoms in total. The molecule has 0 aliphatic carbocycles. The summed E-state index contributed by atoms with van der Waals surface area (Å²) in [5.41, 5.74) is 7.30. The van der Waals surface area contributed by atoms with E-state index in [-0.39, 0.29) is 18.1 Å². The van der Waals surface area contributed by atoms with Gasteiger partial charge in [0.25, 0.3) is 0 Å². The van der Waals surface area contributed by atoms with Gasteiger partial charge in [-0.3, -0.25) is 4.79 Å². The lowest BCUT2D eigenvalue weighted by Gasteiger charge is -2.24. The zero-order valence-corrected chi connectivity index (χ0v) is 13.0. The van der Waals surface area contributed by atoms with E-state index in [1.54, 1.807) is 0 Å². The number of carbonyl (C=O) groups is 1. The van der Waals surface area contributed by atoms with Gasteiger partial charge in [0.15, 0.2) is 0 Å². The number of benzene rings is 1. The normalized spacial score (nSPS) is 17.7. The van der Waals surface area contributed by atoms with E-state index in [4.69, 9.17) is 10.5 Å². The summed E-state index contributed by atoms with van der Waals surface area (Å²) in [6.07, 6.45) is 4.05. The molecule has 1 amide bonds. The minimum absolute atomic E-state index is 0.139. The highest BCUT2D eigenvalue weighted by atomic mass is 16.5. The second-order valence-corrected chi connectivity index (χ2v) is 5.99. The van der Waals surface area contributed by atoms with Crippen LogP contribution in [0.25, 0.3) is 0 Å². The van der Waals surface area contributed by atoms with E-state index in [0.717, 1.165) is 37.1 Å². The van der Waals surface area contributed by atoms with Gasteiger partial charge in [-0.2, -0.15) is 0 Å². The van der Waals surface area contributed by atoms with Crippen molar-refractivity contribution in [2.75, 3.05) is 13.1 Å². The van der Waals surface area contributed by atoms with Crippen LogP contribution in [0.1, 0.15) is 51.1 Å². The highest BCUT2D eigenvalue weighted by Gasteiger charge is 2.19. The Morgan fingerprint density at radius 3 is 2.57 bits per heavy atom. The summed E-state index contributed by atoms with van der Waals surface area (Å²) >= 11 is 0. The second kappa shape index (κ2) is 7.46. The van der Waals surface area contributed by atoms with Gasteiger partial charge in [-0.25, -0.2) is 0 Å². The molecule has 1 saturated heterocycles. The molecule has 0 radical (unpaired) electrons. The average Bonchev–Trinajstić information content (AvgIpc) is 2.64. The molecule has 21 heavy (non-hydrogen) atoms. The van der Waals surface area contributed by atoms with E-state index in [2.05, 4.69) is 0 Å². The lowest BCUT2D eigenvalue weighted by molar-refractivity contribution is -0.130. The van der Waals surface area contributed by atoms with Crippen LogP contribution in [0, 0.1) is 0 Å². The highest BCUT2D eigenvalue weighted by Crippen LogP contribution is 2.20. The van der Waals surface area contributed by atoms with Crippen LogP contribution in [0.5, 0.6) is 5.75 Å². The average molecular weight is 290 g/mol. The third-order valence-electron chi connectivity index (χ3n) is 3.77. The van der Waals surface area contributed by atoms with Gasteiger partial charge in [-0.05, 0) is 44.4 Å². The van der Waals surface area contributed by atoms with Crippen molar-refractivity contribution in [3.05, 3.63) is 29.8 Å². The fraction of sp³-hybridized carbons (Fsp3) is 0.588. The largest absolute Gasteiger partial charge is 0.491 e. The SMILES string of the molecule is CC(C)Oc1ccc(C(N)CN2CCCCCC2=O)cc1. The predicted octanol–water partition coefficient (Wildman–Crippen LogP) is 2.88. The van der Waals surface area contributed by atoms with Gasteiger partial charge in [0, 0.05) is 25.6 Å². The molecule has 1 fully saturated rings. The fourth-order valence-corrected chi connectivity index (χ4v) is 2.64. The molecule has 0 aromatic heterocycles. The first-order valence-electron chi connectivity index (χ1n) is 7.86. The van der Waals surface area contributed by atoms with E-state index in [1.165, 1.54) is 0 Å². The Hall–Kier alpha value is -1.55. The Labute approximate surface area is 127 Å². The molecule has 1 aromatic carbocycles. The van der Waals surface area contributed by atoms with E-state index >= 15 is 0 Å². The maximum Gasteiger partial charge on any atom is 0.222 e. The Kier molecular flexibility index (Phi) is 5.62. The molecule has 116 valence electrons. The van der Waals surface area contributed by atoms with Gasteiger partial charge >= 0.3 is 0 Å². The Balaban J connectivity index is 1.95. The van der Waals surface area contributed by atoms with Crippen LogP contribution in [-0.4, -0.2) is 30.0 Å². The van der Waals surface area contributed by atoms with Crippen LogP contribution in [0.4, 0.5) is 0 Å². The van der Waals surface area contributed by atoms with Crippen LogP contribution < -0.4 is 10.5 Å². The number of nitrogens with two attached hydrogens (primary N) is 1. The molecule has 1 aliphatic rings. The summed E-state index contributed by atoms with van der Waals surface area (Å²) in [6.45, 7) is 5.44. The molecule has 1 aliphatic heterocycles. The third kappa shape index (κ3) is 4.74. The zero-order chi connectivity index (χ0) is 15.2. The van der Waals surface area contributed by atoms with Crippen LogP contribution in [0.2, 0.25) is 0 Å². The fourth-order valence-electron chi connectivity index (χ4n) is 2.64. The summed E-state index contributed by atoms with van der Waals surface area (Å²) in [4.78, 5) is 13.9. The number of likely N-dealkylation sites (tertiary alicyclic amines) is 1. The van der Waals surface area contributed by atoms with E-state index in [1.807, 2.05) is 43.0 Å². The van der Waals surface area contributed by atoms with Crippen molar-refractivity contribution in [2.24, 2.45) is 5.73 Å². The Morgan fingerprint density at radius 1 is 1.19 bits per heavy atom. The molecule has 1 atom stereocenters. The number of amides is 1. The second-order valence-electron chi connectivity index (χ2n) is 5.99. The first kappa shape index (κ1) is 15.8. The maximum absolute atomic E-state index is 12.0. The van der Waals surface area contributed by atoms with Crippen molar-refractivity contribution in [2.45, 2.75) is 51.7 Å². The molecule has 2 N–H and O–H groups in total. The van der Waals surface area contributed by atoms with Crippen molar-refractivity contribution in [1.29, 1.82) is 0 Å². The van der Waals surface area contributed by atoms with Crippen LogP contribution in [0.3, 0.4) is 0 Å². The van der Waals surface area contributed by atoms with Gasteiger partial charge in [0.1, 0.15) is 5.75 Å². The smallest absolute Gasteiger partial charge is 0.222 e. The number of nitrogens with zero attached hydrogens (tertiary/aromatic N) is 1. The van der Waals surface area contributed by atoms with E-state index in [9.17, 15) is 4.79 Å². The van der Waals surface area contributed by atoms with Gasteiger partial charge in [0.05, 0.1) is 6.10 Å². The third-order valence-corrected chi connectivity index (χ3v) is 3.77. The number of hydrogen-bond donors (Lipinski definition) is 1. The predicted molar refractivity (Wildman–Crippen MR) is 84.2 cm³/mol. The van der Waals surface area contributed by atoms with Crippen molar-refractivity contribution < 1.29 is 9.53 Å². The standard InChI is InChI=1S/C17H26N2O2/c1-13(2)21-15-9-7-14(8-10-15)16(18)12-19-11-5-3-4-6-17(19)20/h7-10,13,16H,3-6,11-12,18H2,1-2H3. The summed E-state index contributed by atoms with van der Waals surface area (Å²) in [6, 6.07) is 7.73. The molecule has 1 heterocycles. The van der Waals surface area contributed by atoms with Crippen LogP contribution in [0.15, 0.2) is 24.3 Å². The van der Waals surface area contributed by atoms with Crippen LogP contribution in [-0.2, 0) is 4.79 Å². The highest BCUT2D eigenvalue weighted by molar-refractivity contribution is 5.76. The Morgan fingerprint density at radius 2 is 1.90 bits per heavy atom. The molecule has 1 unspecified atom stereocenters. The van der Waals surface area contributed by atoms with Crippen molar-refractivity contribution in [3.63, 3.8) is 0 Å². The summed E-state index contributed by atoms with van der Waals surface area (Å²) in [7, 11) is 0. The zero-order valence-electron chi connectivity index (χ0n) is 13.0. The first-order chi connectivity index (χ1) is 10.1. The minimum Gasteiger partial charge on any atom is -0.491 e. The van der Waals surface area contributed by atoms with Gasteiger partial charge in [0.2, 0.25) is 5.91 Å². The van der Waals surface area contributed by atoms with Crippen molar-refractivity contribution >= 4 is 5.91 Å². The van der Waals surface area contributed by atoms with Gasteiger partial charge < -0.3 is 15.4 Å². The molecular formula is C17H26N2O2. The minimum atomic E-state index is -0.139. The number of ether oxygens (including phenoxy) is 1. The topological polar surface area (TPSA) is 55.6 Å². The summed E-state index contributed by atoms with van der Waals surface area (Å²) in [5, 5.41) is 0. The summed E-state index contributed by atoms with van der Waals surface area (Å²) in [5.74, 6) is 1.09. The lowest BCUT2D eigenvalue weighted by Crippen LogP contribution is -2.36. The Bertz CT molecular complexity index is 456. The van der Waals surface area contributed by atoms with Gasteiger partial charge in [-0.15, -0.1) is 0 Å². The number of rotatable bonds is 5. The molecule has 1 aromatic rings. The van der Waals surface area contributed by atoms with Crippen molar-refractivity contribution in [3.8, 4) is 5.75 Å². The van der Waals surface area contributed by atoms with Gasteiger partial charge in [-0.1, -0.05) is 18.6 Å². The number of hydrogen-bond acceptors (Lipinski definition) is 3. The molecule has 2 rings (SSSR count). The quantitative estimate of drug-likeness (QED) is 0.907. The van der Waals surface area contributed by atoms with E-state index in [0.29, 0.717) is 13.0 Å². The molecular weight excluding hydrogens is 264 g/mol. The molecule has 0 saturated carbocycles. The maximum atomic E-state index is 12.0. The first-order valence-corrected chi connectivity index (χ1v) is 7.86. The molecule has 4 heteroatoms. The summed E-state index contributed by atoms with van der Waals surface area (Å²) < 4.78 is 5.63. The monoisotopic (exact) mass is 290 g/mol. The molecule has 0 spiro atoms.